The largest absolute Gasteiger partial charge is 0.275 e. The van der Waals surface area contributed by atoms with E-state index in [0.29, 0.717) is 34.5 Å². The first-order valence-corrected chi connectivity index (χ1v) is 12.6. The van der Waals surface area contributed by atoms with Gasteiger partial charge in [0.25, 0.3) is 5.56 Å². The topological polar surface area (TPSA) is 97.5 Å². The van der Waals surface area contributed by atoms with E-state index in [-0.39, 0.29) is 10.5 Å². The summed E-state index contributed by atoms with van der Waals surface area (Å²) in [6.07, 6.45) is 5.39. The van der Waals surface area contributed by atoms with E-state index in [1.165, 1.54) is 39.9 Å². The Morgan fingerprint density at radius 3 is 2.62 bits per heavy atom. The Hall–Kier alpha value is -1.82. The molecule has 3 aromatic rings. The minimum absolute atomic E-state index is 0.193. The number of rotatable bonds is 5. The zero-order chi connectivity index (χ0) is 20.4. The molecule has 0 saturated carbocycles. The van der Waals surface area contributed by atoms with E-state index in [4.69, 9.17) is 0 Å². The lowest BCUT2D eigenvalue weighted by atomic mass is 10.2. The van der Waals surface area contributed by atoms with E-state index in [1.54, 1.807) is 23.4 Å². The average molecular weight is 452 g/mol. The predicted molar refractivity (Wildman–Crippen MR) is 113 cm³/mol. The second kappa shape index (κ2) is 8.50. The molecule has 1 aliphatic heterocycles. The Kier molecular flexibility index (Phi) is 6.00. The van der Waals surface area contributed by atoms with Crippen molar-refractivity contribution in [1.29, 1.82) is 0 Å². The Balaban J connectivity index is 1.46. The molecule has 4 rings (SSSR count). The third kappa shape index (κ3) is 4.52. The van der Waals surface area contributed by atoms with Gasteiger partial charge in [-0.15, -0.1) is 0 Å². The van der Waals surface area contributed by atoms with Crippen molar-refractivity contribution in [2.24, 2.45) is 0 Å². The molecule has 1 saturated heterocycles. The standard InChI is InChI=1S/C18H21N5O3S3/c1-13-10-17(24)23-18(20-13)28-16(21-23)12-27-15-7-6-14(11-19-15)29(25,26)22-8-4-2-3-5-9-22/h6-7,10-11H,2-5,8-9,12H2,1H3. The van der Waals surface area contributed by atoms with E-state index in [0.717, 1.165) is 30.7 Å². The van der Waals surface area contributed by atoms with Gasteiger partial charge in [-0.3, -0.25) is 4.79 Å². The molecule has 0 amide bonds. The van der Waals surface area contributed by atoms with Crippen molar-refractivity contribution < 1.29 is 8.42 Å². The summed E-state index contributed by atoms with van der Waals surface area (Å²) in [5.74, 6) is 0.526. The van der Waals surface area contributed by atoms with Crippen LogP contribution in [0.5, 0.6) is 0 Å². The van der Waals surface area contributed by atoms with Gasteiger partial charge < -0.3 is 0 Å². The van der Waals surface area contributed by atoms with Crippen LogP contribution in [0.25, 0.3) is 4.96 Å². The number of aryl methyl sites for hydroxylation is 1. The van der Waals surface area contributed by atoms with Crippen molar-refractivity contribution in [1.82, 2.24) is 23.9 Å². The Bertz CT molecular complexity index is 1160. The maximum Gasteiger partial charge on any atom is 0.275 e. The second-order valence-electron chi connectivity index (χ2n) is 6.87. The Morgan fingerprint density at radius 1 is 1.17 bits per heavy atom. The fourth-order valence-corrected chi connectivity index (χ4v) is 6.43. The smallest absolute Gasteiger partial charge is 0.267 e. The lowest BCUT2D eigenvalue weighted by molar-refractivity contribution is 0.423. The normalized spacial score (nSPS) is 16.2. The number of hydrogen-bond donors (Lipinski definition) is 0. The molecule has 4 heterocycles. The van der Waals surface area contributed by atoms with Crippen LogP contribution in [0.15, 0.2) is 39.1 Å². The van der Waals surface area contributed by atoms with Gasteiger partial charge >= 0.3 is 0 Å². The van der Waals surface area contributed by atoms with Crippen LogP contribution in [0.1, 0.15) is 36.4 Å². The first-order valence-electron chi connectivity index (χ1n) is 9.39. The average Bonchev–Trinajstić information content (AvgIpc) is 2.91. The molecule has 29 heavy (non-hydrogen) atoms. The predicted octanol–water partition coefficient (Wildman–Crippen LogP) is 2.71. The molecule has 0 aromatic carbocycles. The summed E-state index contributed by atoms with van der Waals surface area (Å²) in [7, 11) is -3.49. The molecular formula is C18H21N5O3S3. The van der Waals surface area contributed by atoms with E-state index in [9.17, 15) is 13.2 Å². The van der Waals surface area contributed by atoms with Gasteiger partial charge in [0, 0.05) is 31.0 Å². The van der Waals surface area contributed by atoms with Crippen LogP contribution < -0.4 is 5.56 Å². The number of thioether (sulfide) groups is 1. The minimum atomic E-state index is -3.49. The number of pyridine rings is 1. The van der Waals surface area contributed by atoms with Crippen molar-refractivity contribution in [3.05, 3.63) is 45.5 Å². The maximum atomic E-state index is 12.8. The molecule has 0 aliphatic carbocycles. The zero-order valence-corrected chi connectivity index (χ0v) is 18.4. The highest BCUT2D eigenvalue weighted by Gasteiger charge is 2.25. The van der Waals surface area contributed by atoms with Crippen LogP contribution in [0.4, 0.5) is 0 Å². The van der Waals surface area contributed by atoms with Crippen molar-refractivity contribution in [3.63, 3.8) is 0 Å². The zero-order valence-electron chi connectivity index (χ0n) is 15.9. The molecule has 1 aliphatic rings. The number of fused-ring (bicyclic) bond motifs is 1. The molecule has 0 bridgehead atoms. The van der Waals surface area contributed by atoms with Gasteiger partial charge in [0.1, 0.15) is 9.90 Å². The SMILES string of the molecule is Cc1cc(=O)n2nc(CSc3ccc(S(=O)(=O)N4CCCCCC4)cn3)sc2n1. The lowest BCUT2D eigenvalue weighted by Crippen LogP contribution is -2.32. The Labute approximate surface area is 177 Å². The molecule has 0 N–H and O–H groups in total. The highest BCUT2D eigenvalue weighted by atomic mass is 32.2. The summed E-state index contributed by atoms with van der Waals surface area (Å²) < 4.78 is 28.5. The fourth-order valence-electron chi connectivity index (χ4n) is 3.19. The molecule has 3 aromatic heterocycles. The van der Waals surface area contributed by atoms with Crippen molar-refractivity contribution in [2.45, 2.75) is 48.3 Å². The van der Waals surface area contributed by atoms with E-state index in [2.05, 4.69) is 15.1 Å². The molecule has 0 unspecified atom stereocenters. The summed E-state index contributed by atoms with van der Waals surface area (Å²) >= 11 is 2.80. The van der Waals surface area contributed by atoms with Crippen LogP contribution in [-0.4, -0.2) is 45.4 Å². The van der Waals surface area contributed by atoms with Gasteiger partial charge in [-0.25, -0.2) is 18.4 Å². The number of sulfonamides is 1. The summed E-state index contributed by atoms with van der Waals surface area (Å²) in [6, 6.07) is 4.79. The summed E-state index contributed by atoms with van der Waals surface area (Å²) in [5, 5.41) is 5.77. The molecule has 0 spiro atoms. The van der Waals surface area contributed by atoms with Gasteiger partial charge in [0.15, 0.2) is 0 Å². The van der Waals surface area contributed by atoms with Crippen LogP contribution in [0.2, 0.25) is 0 Å². The highest BCUT2D eigenvalue weighted by molar-refractivity contribution is 7.98. The van der Waals surface area contributed by atoms with Crippen LogP contribution in [0.3, 0.4) is 0 Å². The summed E-state index contributed by atoms with van der Waals surface area (Å²) in [4.78, 5) is 21.4. The van der Waals surface area contributed by atoms with Gasteiger partial charge in [-0.1, -0.05) is 35.9 Å². The quantitative estimate of drug-likeness (QED) is 0.550. The van der Waals surface area contributed by atoms with Crippen molar-refractivity contribution >= 4 is 38.1 Å². The monoisotopic (exact) mass is 451 g/mol. The van der Waals surface area contributed by atoms with Crippen molar-refractivity contribution in [2.75, 3.05) is 13.1 Å². The molecule has 11 heteroatoms. The number of nitrogens with zero attached hydrogens (tertiary/aromatic N) is 5. The minimum Gasteiger partial charge on any atom is -0.267 e. The third-order valence-corrected chi connectivity index (χ3v) is 8.60. The molecule has 0 atom stereocenters. The second-order valence-corrected chi connectivity index (χ2v) is 10.8. The lowest BCUT2D eigenvalue weighted by Gasteiger charge is -2.19. The van der Waals surface area contributed by atoms with Gasteiger partial charge in [0.2, 0.25) is 15.0 Å². The molecule has 1 fully saturated rings. The first-order chi connectivity index (χ1) is 13.9. The van der Waals surface area contributed by atoms with Crippen LogP contribution in [0, 0.1) is 6.92 Å². The number of hydrogen-bond acceptors (Lipinski definition) is 8. The van der Waals surface area contributed by atoms with E-state index >= 15 is 0 Å². The molecule has 0 radical (unpaired) electrons. The summed E-state index contributed by atoms with van der Waals surface area (Å²) in [6.45, 7) is 2.92. The number of aromatic nitrogens is 4. The molecule has 8 nitrogen and oxygen atoms in total. The molecule has 154 valence electrons. The summed E-state index contributed by atoms with van der Waals surface area (Å²) in [5.41, 5.74) is 0.474. The highest BCUT2D eigenvalue weighted by Crippen LogP contribution is 2.25. The van der Waals surface area contributed by atoms with Crippen LogP contribution in [-0.2, 0) is 15.8 Å². The van der Waals surface area contributed by atoms with E-state index < -0.39 is 10.0 Å². The van der Waals surface area contributed by atoms with E-state index in [1.807, 2.05) is 0 Å². The third-order valence-electron chi connectivity index (χ3n) is 4.67. The fraction of sp³-hybridized carbons (Fsp3) is 0.444. The van der Waals surface area contributed by atoms with Gasteiger partial charge in [0.05, 0.1) is 10.8 Å². The van der Waals surface area contributed by atoms with Gasteiger partial charge in [-0.2, -0.15) is 13.9 Å². The van der Waals surface area contributed by atoms with Crippen LogP contribution >= 0.6 is 23.1 Å². The molecular weight excluding hydrogens is 430 g/mol. The maximum absolute atomic E-state index is 12.8. The first kappa shape index (κ1) is 20.5. The van der Waals surface area contributed by atoms with Crippen molar-refractivity contribution in [3.8, 4) is 0 Å². The Morgan fingerprint density at radius 2 is 1.93 bits per heavy atom. The van der Waals surface area contributed by atoms with Gasteiger partial charge in [-0.05, 0) is 31.9 Å².